The molecule has 0 saturated carbocycles. The first-order valence-corrected chi connectivity index (χ1v) is 5.29. The van der Waals surface area contributed by atoms with E-state index in [0.29, 0.717) is 0 Å². The van der Waals surface area contributed by atoms with Crippen LogP contribution in [0.4, 0.5) is 11.4 Å². The smallest absolute Gasteiger partial charge is 0.0367 e. The molecule has 0 aliphatic carbocycles. The fourth-order valence-corrected chi connectivity index (χ4v) is 1.65. The number of hydrogen-bond donors (Lipinski definition) is 2. The SMILES string of the molecule is CCCCCc1cc(N)cc(N)c1C. The summed E-state index contributed by atoms with van der Waals surface area (Å²) in [6.45, 7) is 4.27. The van der Waals surface area contributed by atoms with Crippen LogP contribution in [0.3, 0.4) is 0 Å². The molecule has 0 bridgehead atoms. The standard InChI is InChI=1S/C12H20N2/c1-3-4-5-6-10-7-11(13)8-12(14)9(10)2/h7-8H,3-6,13-14H2,1-2H3. The molecule has 4 N–H and O–H groups in total. The first-order chi connectivity index (χ1) is 6.65. The van der Waals surface area contributed by atoms with Gasteiger partial charge < -0.3 is 11.5 Å². The minimum atomic E-state index is 0.777. The van der Waals surface area contributed by atoms with Crippen molar-refractivity contribution < 1.29 is 0 Å². The quantitative estimate of drug-likeness (QED) is 0.569. The number of unbranched alkanes of at least 4 members (excludes halogenated alkanes) is 2. The van der Waals surface area contributed by atoms with Crippen LogP contribution in [0.1, 0.15) is 37.3 Å². The highest BCUT2D eigenvalue weighted by Crippen LogP contribution is 2.22. The van der Waals surface area contributed by atoms with Crippen LogP contribution in [0.2, 0.25) is 0 Å². The van der Waals surface area contributed by atoms with E-state index in [1.807, 2.05) is 12.1 Å². The molecule has 14 heavy (non-hydrogen) atoms. The van der Waals surface area contributed by atoms with E-state index in [0.717, 1.165) is 17.8 Å². The molecule has 0 aliphatic heterocycles. The van der Waals surface area contributed by atoms with Crippen LogP contribution < -0.4 is 11.5 Å². The predicted molar refractivity (Wildman–Crippen MR) is 63.2 cm³/mol. The number of rotatable bonds is 4. The first kappa shape index (κ1) is 10.9. The summed E-state index contributed by atoms with van der Waals surface area (Å²) in [5.74, 6) is 0. The van der Waals surface area contributed by atoms with Gasteiger partial charge in [-0.3, -0.25) is 0 Å². The number of benzene rings is 1. The van der Waals surface area contributed by atoms with Gasteiger partial charge in [-0.15, -0.1) is 0 Å². The molecule has 78 valence electrons. The molecule has 0 radical (unpaired) electrons. The fraction of sp³-hybridized carbons (Fsp3) is 0.500. The van der Waals surface area contributed by atoms with E-state index in [9.17, 15) is 0 Å². The highest BCUT2D eigenvalue weighted by atomic mass is 14.6. The van der Waals surface area contributed by atoms with Crippen molar-refractivity contribution in [2.45, 2.75) is 39.5 Å². The van der Waals surface area contributed by atoms with Crippen molar-refractivity contribution in [3.05, 3.63) is 23.3 Å². The average Bonchev–Trinajstić information content (AvgIpc) is 2.13. The number of aryl methyl sites for hydroxylation is 1. The van der Waals surface area contributed by atoms with Crippen molar-refractivity contribution in [1.82, 2.24) is 0 Å². The van der Waals surface area contributed by atoms with Gasteiger partial charge in [-0.1, -0.05) is 19.8 Å². The van der Waals surface area contributed by atoms with Gasteiger partial charge in [-0.25, -0.2) is 0 Å². The number of hydrogen-bond acceptors (Lipinski definition) is 2. The minimum absolute atomic E-state index is 0.777. The molecule has 0 heterocycles. The third-order valence-corrected chi connectivity index (χ3v) is 2.63. The summed E-state index contributed by atoms with van der Waals surface area (Å²) in [5, 5.41) is 0. The van der Waals surface area contributed by atoms with Gasteiger partial charge in [-0.05, 0) is 43.0 Å². The Bertz CT molecular complexity index is 305. The fourth-order valence-electron chi connectivity index (χ4n) is 1.65. The molecule has 0 aromatic heterocycles. The first-order valence-electron chi connectivity index (χ1n) is 5.29. The van der Waals surface area contributed by atoms with E-state index in [1.165, 1.54) is 30.4 Å². The molecule has 2 heteroatoms. The molecule has 0 fully saturated rings. The number of nitrogen functional groups attached to an aromatic ring is 2. The van der Waals surface area contributed by atoms with Gasteiger partial charge in [0, 0.05) is 11.4 Å². The van der Waals surface area contributed by atoms with Crippen LogP contribution in [0.15, 0.2) is 12.1 Å². The molecular weight excluding hydrogens is 172 g/mol. The third kappa shape index (κ3) is 2.66. The molecular formula is C12H20N2. The second kappa shape index (κ2) is 4.89. The van der Waals surface area contributed by atoms with Crippen molar-refractivity contribution in [3.8, 4) is 0 Å². The predicted octanol–water partition coefficient (Wildman–Crippen LogP) is 2.89. The summed E-state index contributed by atoms with van der Waals surface area (Å²) in [5.41, 5.74) is 15.7. The van der Waals surface area contributed by atoms with Crippen molar-refractivity contribution >= 4 is 11.4 Å². The van der Waals surface area contributed by atoms with E-state index in [1.54, 1.807) is 0 Å². The Balaban J connectivity index is 2.75. The average molecular weight is 192 g/mol. The van der Waals surface area contributed by atoms with Crippen LogP contribution in [-0.4, -0.2) is 0 Å². The van der Waals surface area contributed by atoms with E-state index >= 15 is 0 Å². The van der Waals surface area contributed by atoms with Crippen molar-refractivity contribution in [2.75, 3.05) is 11.5 Å². The van der Waals surface area contributed by atoms with E-state index < -0.39 is 0 Å². The lowest BCUT2D eigenvalue weighted by molar-refractivity contribution is 0.716. The lowest BCUT2D eigenvalue weighted by Crippen LogP contribution is -1.99. The molecule has 1 aromatic carbocycles. The summed E-state index contributed by atoms with van der Waals surface area (Å²) in [6, 6.07) is 3.88. The highest BCUT2D eigenvalue weighted by molar-refractivity contribution is 5.59. The van der Waals surface area contributed by atoms with Crippen molar-refractivity contribution in [3.63, 3.8) is 0 Å². The molecule has 0 saturated heterocycles. The Labute approximate surface area is 86.3 Å². The molecule has 1 rings (SSSR count). The van der Waals surface area contributed by atoms with Crippen LogP contribution in [0, 0.1) is 6.92 Å². The van der Waals surface area contributed by atoms with Gasteiger partial charge in [0.15, 0.2) is 0 Å². The second-order valence-electron chi connectivity index (χ2n) is 3.85. The monoisotopic (exact) mass is 192 g/mol. The lowest BCUT2D eigenvalue weighted by atomic mass is 10.00. The summed E-state index contributed by atoms with van der Waals surface area (Å²) in [6.07, 6.45) is 4.83. The zero-order valence-electron chi connectivity index (χ0n) is 9.14. The highest BCUT2D eigenvalue weighted by Gasteiger charge is 2.03. The van der Waals surface area contributed by atoms with Gasteiger partial charge in [0.05, 0.1) is 0 Å². The largest absolute Gasteiger partial charge is 0.399 e. The Morgan fingerprint density at radius 1 is 1.14 bits per heavy atom. The van der Waals surface area contributed by atoms with Gasteiger partial charge in [0.25, 0.3) is 0 Å². The number of nitrogens with two attached hydrogens (primary N) is 2. The Morgan fingerprint density at radius 3 is 2.50 bits per heavy atom. The van der Waals surface area contributed by atoms with Crippen molar-refractivity contribution in [2.24, 2.45) is 0 Å². The van der Waals surface area contributed by atoms with Crippen LogP contribution >= 0.6 is 0 Å². The zero-order chi connectivity index (χ0) is 10.6. The van der Waals surface area contributed by atoms with Crippen molar-refractivity contribution in [1.29, 1.82) is 0 Å². The summed E-state index contributed by atoms with van der Waals surface area (Å²) in [4.78, 5) is 0. The van der Waals surface area contributed by atoms with Crippen LogP contribution in [0.25, 0.3) is 0 Å². The Morgan fingerprint density at radius 2 is 1.86 bits per heavy atom. The molecule has 0 atom stereocenters. The maximum atomic E-state index is 5.85. The molecule has 0 aliphatic rings. The molecule has 0 spiro atoms. The topological polar surface area (TPSA) is 52.0 Å². The van der Waals surface area contributed by atoms with Crippen LogP contribution in [-0.2, 0) is 6.42 Å². The van der Waals surface area contributed by atoms with E-state index in [-0.39, 0.29) is 0 Å². The summed E-state index contributed by atoms with van der Waals surface area (Å²) >= 11 is 0. The van der Waals surface area contributed by atoms with Gasteiger partial charge in [-0.2, -0.15) is 0 Å². The van der Waals surface area contributed by atoms with E-state index in [2.05, 4.69) is 13.8 Å². The molecule has 2 nitrogen and oxygen atoms in total. The summed E-state index contributed by atoms with van der Waals surface area (Å²) < 4.78 is 0. The second-order valence-corrected chi connectivity index (χ2v) is 3.85. The Kier molecular flexibility index (Phi) is 3.81. The normalized spacial score (nSPS) is 10.4. The van der Waals surface area contributed by atoms with Gasteiger partial charge in [0.1, 0.15) is 0 Å². The zero-order valence-corrected chi connectivity index (χ0v) is 9.14. The minimum Gasteiger partial charge on any atom is -0.399 e. The van der Waals surface area contributed by atoms with Gasteiger partial charge >= 0.3 is 0 Å². The van der Waals surface area contributed by atoms with Crippen LogP contribution in [0.5, 0.6) is 0 Å². The van der Waals surface area contributed by atoms with Gasteiger partial charge in [0.2, 0.25) is 0 Å². The molecule has 1 aromatic rings. The Hall–Kier alpha value is -1.18. The maximum Gasteiger partial charge on any atom is 0.0367 e. The summed E-state index contributed by atoms with van der Waals surface area (Å²) in [7, 11) is 0. The lowest BCUT2D eigenvalue weighted by Gasteiger charge is -2.09. The van der Waals surface area contributed by atoms with E-state index in [4.69, 9.17) is 11.5 Å². The maximum absolute atomic E-state index is 5.85. The number of anilines is 2. The molecule has 0 amide bonds. The third-order valence-electron chi connectivity index (χ3n) is 2.63. The molecule has 0 unspecified atom stereocenters.